The summed E-state index contributed by atoms with van der Waals surface area (Å²) in [5, 5.41) is 24.8. The zero-order chi connectivity index (χ0) is 19.7. The van der Waals surface area contributed by atoms with Crippen molar-refractivity contribution in [3.63, 3.8) is 0 Å². The van der Waals surface area contributed by atoms with Gasteiger partial charge < -0.3 is 29.2 Å². The van der Waals surface area contributed by atoms with Gasteiger partial charge >= 0.3 is 24.1 Å². The summed E-state index contributed by atoms with van der Waals surface area (Å²) in [6, 6.07) is -1.63. The van der Waals surface area contributed by atoms with E-state index in [0.29, 0.717) is 13.2 Å². The normalized spacial score (nSPS) is 31.5. The first-order chi connectivity index (χ1) is 13.5. The third kappa shape index (κ3) is 4.59. The molecule has 2 fully saturated rings. The Morgan fingerprint density at radius 1 is 0.893 bits per heavy atom. The Morgan fingerprint density at radius 2 is 1.29 bits per heavy atom. The summed E-state index contributed by atoms with van der Waals surface area (Å²) in [5.74, 6) is 0. The van der Waals surface area contributed by atoms with Gasteiger partial charge in [-0.05, 0) is 0 Å². The molecule has 4 atom stereocenters. The van der Waals surface area contributed by atoms with Gasteiger partial charge in [0.1, 0.15) is 25.4 Å². The molecule has 14 nitrogen and oxygen atoms in total. The van der Waals surface area contributed by atoms with Crippen LogP contribution in [-0.2, 0) is 18.9 Å². The number of amides is 4. The summed E-state index contributed by atoms with van der Waals surface area (Å²) in [4.78, 5) is 33.1. The van der Waals surface area contributed by atoms with Gasteiger partial charge in [-0.2, -0.15) is 0 Å². The number of carbonyl (C=O) groups excluding carboxylic acids is 2. The number of urea groups is 2. The van der Waals surface area contributed by atoms with Crippen molar-refractivity contribution >= 4 is 24.1 Å². The quantitative estimate of drug-likeness (QED) is 0.325. The van der Waals surface area contributed by atoms with E-state index in [0.717, 1.165) is 0 Å². The maximum Gasteiger partial charge on any atom is 0.348 e. The molecule has 154 valence electrons. The number of amidine groups is 2. The van der Waals surface area contributed by atoms with Crippen LogP contribution in [0.4, 0.5) is 9.59 Å². The number of hydrogen-bond donors (Lipinski definition) is 4. The fourth-order valence-electron chi connectivity index (χ4n) is 2.50. The molecular weight excluding hydrogens is 380 g/mol. The van der Waals surface area contributed by atoms with Gasteiger partial charge in [0.2, 0.25) is 12.7 Å². The molecule has 4 N–H and O–H groups in total. The van der Waals surface area contributed by atoms with E-state index in [2.05, 4.69) is 20.6 Å². The van der Waals surface area contributed by atoms with Gasteiger partial charge in [0.15, 0.2) is 0 Å². The van der Waals surface area contributed by atoms with Crippen molar-refractivity contribution in [3.8, 4) is 0 Å². The summed E-state index contributed by atoms with van der Waals surface area (Å²) >= 11 is 0. The van der Waals surface area contributed by atoms with Gasteiger partial charge in [-0.1, -0.05) is 0 Å². The first kappa shape index (κ1) is 18.7. The Balaban J connectivity index is 1.40. The molecule has 0 radical (unpaired) electrons. The lowest BCUT2D eigenvalue weighted by Crippen LogP contribution is -2.60. The highest BCUT2D eigenvalue weighted by molar-refractivity contribution is 5.92. The Bertz CT molecular complexity index is 635. The molecule has 0 bridgehead atoms. The van der Waals surface area contributed by atoms with E-state index >= 15 is 0 Å². The summed E-state index contributed by atoms with van der Waals surface area (Å²) in [6.45, 7) is 1.61. The van der Waals surface area contributed by atoms with Crippen LogP contribution in [0.15, 0.2) is 9.98 Å². The molecule has 14 heteroatoms. The summed E-state index contributed by atoms with van der Waals surface area (Å²) in [7, 11) is 0. The van der Waals surface area contributed by atoms with Crippen LogP contribution in [-0.4, -0.2) is 109 Å². The molecule has 0 aromatic carbocycles. The van der Waals surface area contributed by atoms with Gasteiger partial charge in [0.05, 0.1) is 13.2 Å². The molecule has 4 aliphatic rings. The van der Waals surface area contributed by atoms with Crippen LogP contribution < -0.4 is 10.6 Å². The lowest BCUT2D eigenvalue weighted by atomic mass is 10.4. The van der Waals surface area contributed by atoms with Crippen molar-refractivity contribution in [1.29, 1.82) is 0 Å². The smallest absolute Gasteiger partial charge is 0.348 e. The highest BCUT2D eigenvalue weighted by Crippen LogP contribution is 2.14. The number of carbonyl (C=O) groups is 2. The molecular formula is C14H20N6O8. The van der Waals surface area contributed by atoms with E-state index in [4.69, 9.17) is 18.9 Å². The van der Waals surface area contributed by atoms with Crippen LogP contribution in [0, 0.1) is 0 Å². The molecule has 0 aliphatic carbocycles. The van der Waals surface area contributed by atoms with Crippen molar-refractivity contribution in [3.05, 3.63) is 0 Å². The van der Waals surface area contributed by atoms with Crippen molar-refractivity contribution in [2.45, 2.75) is 24.9 Å². The van der Waals surface area contributed by atoms with Gasteiger partial charge in [-0.15, -0.1) is 9.98 Å². The molecule has 2 saturated heterocycles. The number of nitrogens with zero attached hydrogens (tertiary/aromatic N) is 4. The largest absolute Gasteiger partial charge is 0.462 e. The van der Waals surface area contributed by atoms with Crippen LogP contribution >= 0.6 is 0 Å². The number of aliphatic hydroxyl groups excluding tert-OH is 2. The monoisotopic (exact) mass is 400 g/mol. The van der Waals surface area contributed by atoms with E-state index in [-0.39, 0.29) is 50.6 Å². The average Bonchev–Trinajstić information content (AvgIpc) is 3.53. The Kier molecular flexibility index (Phi) is 5.17. The van der Waals surface area contributed by atoms with Gasteiger partial charge in [-0.3, -0.25) is 20.4 Å². The third-order valence-corrected chi connectivity index (χ3v) is 4.16. The van der Waals surface area contributed by atoms with Crippen LogP contribution in [0.2, 0.25) is 0 Å². The predicted octanol–water partition coefficient (Wildman–Crippen LogP) is -2.87. The molecule has 0 aromatic heterocycles. The fraction of sp³-hybridized carbons (Fsp3) is 0.714. The summed E-state index contributed by atoms with van der Waals surface area (Å²) in [5.41, 5.74) is 0. The molecule has 4 heterocycles. The molecule has 4 rings (SSSR count). The second-order valence-corrected chi connectivity index (χ2v) is 6.35. The number of aliphatic imine (C=N–C) groups is 2. The van der Waals surface area contributed by atoms with E-state index in [9.17, 15) is 19.8 Å². The Labute approximate surface area is 158 Å². The second kappa shape index (κ2) is 7.75. The van der Waals surface area contributed by atoms with Crippen LogP contribution in [0.3, 0.4) is 0 Å². The third-order valence-electron chi connectivity index (χ3n) is 4.16. The zero-order valence-corrected chi connectivity index (χ0v) is 14.7. The van der Waals surface area contributed by atoms with E-state index < -0.39 is 24.8 Å². The number of nitrogens with one attached hydrogen (secondary N) is 2. The fourth-order valence-corrected chi connectivity index (χ4v) is 2.50. The maximum atomic E-state index is 11.5. The highest BCUT2D eigenvalue weighted by atomic mass is 16.6. The maximum absolute atomic E-state index is 11.5. The van der Waals surface area contributed by atoms with Crippen molar-refractivity contribution in [2.75, 3.05) is 39.5 Å². The summed E-state index contributed by atoms with van der Waals surface area (Å²) < 4.78 is 21.0. The molecule has 4 unspecified atom stereocenters. The first-order valence-electron chi connectivity index (χ1n) is 8.66. The minimum atomic E-state index is -1.38. The molecule has 28 heavy (non-hydrogen) atoms. The lowest BCUT2D eigenvalue weighted by molar-refractivity contribution is -0.0191. The minimum absolute atomic E-state index is 0.0566. The molecule has 4 amide bonds. The first-order valence-corrected chi connectivity index (χ1v) is 8.66. The Hall–Kier alpha value is -2.68. The predicted molar refractivity (Wildman–Crippen MR) is 88.7 cm³/mol. The van der Waals surface area contributed by atoms with Crippen LogP contribution in [0.25, 0.3) is 0 Å². The molecule has 4 aliphatic heterocycles. The lowest BCUT2D eigenvalue weighted by Gasteiger charge is -2.37. The Morgan fingerprint density at radius 3 is 1.64 bits per heavy atom. The number of epoxide rings is 2. The molecule has 0 aromatic rings. The van der Waals surface area contributed by atoms with Gasteiger partial charge in [0.25, 0.3) is 0 Å². The van der Waals surface area contributed by atoms with Gasteiger partial charge in [-0.25, -0.2) is 9.59 Å². The number of rotatable bonds is 7. The van der Waals surface area contributed by atoms with Crippen molar-refractivity contribution in [2.24, 2.45) is 9.98 Å². The number of hydrogen-bond acceptors (Lipinski definition) is 10. The second-order valence-electron chi connectivity index (χ2n) is 6.35. The highest BCUT2D eigenvalue weighted by Gasteiger charge is 2.35. The molecule has 0 spiro atoms. The van der Waals surface area contributed by atoms with Crippen molar-refractivity contribution < 1.29 is 38.7 Å². The number of aliphatic hydroxyl groups is 2. The standard InChI is InChI=1S/C14H20N6O8/c21-9-15-11(23)19(13(17-9)27-5-7-3-25-7)1-2-20-12(24)16-10(22)18-14(20)28-6-8-4-26-8/h7-8,11-12,23-24H,1-6H2,(H,15,21)(H,16,22). The molecule has 0 saturated carbocycles. The van der Waals surface area contributed by atoms with Crippen LogP contribution in [0.1, 0.15) is 0 Å². The zero-order valence-electron chi connectivity index (χ0n) is 14.7. The van der Waals surface area contributed by atoms with E-state index in [1.165, 1.54) is 9.80 Å². The SMILES string of the molecule is O=C1N=C(OCC2CO2)N(CCN2C(OCC3CO3)=NC(=O)NC2O)C(O)N1. The topological polar surface area (TPSA) is 173 Å². The van der Waals surface area contributed by atoms with Crippen molar-refractivity contribution in [1.82, 2.24) is 20.4 Å². The number of ether oxygens (including phenoxy) is 4. The van der Waals surface area contributed by atoms with Gasteiger partial charge in [0, 0.05) is 13.1 Å². The van der Waals surface area contributed by atoms with E-state index in [1.54, 1.807) is 0 Å². The average molecular weight is 400 g/mol. The minimum Gasteiger partial charge on any atom is -0.462 e. The van der Waals surface area contributed by atoms with E-state index in [1.807, 2.05) is 0 Å². The summed E-state index contributed by atoms with van der Waals surface area (Å²) in [6.07, 6.45) is -2.89. The van der Waals surface area contributed by atoms with Crippen LogP contribution in [0.5, 0.6) is 0 Å².